The molecule has 1 aliphatic rings. The lowest BCUT2D eigenvalue weighted by atomic mass is 9.79. The van der Waals surface area contributed by atoms with E-state index in [1.165, 1.54) is 12.1 Å². The van der Waals surface area contributed by atoms with Crippen molar-refractivity contribution in [3.63, 3.8) is 0 Å². The second kappa shape index (κ2) is 5.24. The predicted octanol–water partition coefficient (Wildman–Crippen LogP) is 1.29. The van der Waals surface area contributed by atoms with Crippen LogP contribution in [0.5, 0.6) is 11.5 Å². The summed E-state index contributed by atoms with van der Waals surface area (Å²) >= 11 is 0. The lowest BCUT2D eigenvalue weighted by Gasteiger charge is -2.09. The Balaban J connectivity index is 1.87. The molecule has 2 aromatic rings. The number of hydrogen-bond acceptors (Lipinski definition) is 4. The molecule has 0 fully saturated rings. The van der Waals surface area contributed by atoms with Gasteiger partial charge in [-0.05, 0) is 40.9 Å². The summed E-state index contributed by atoms with van der Waals surface area (Å²) in [4.78, 5) is 0. The molecule has 0 unspecified atom stereocenters. The van der Waals surface area contributed by atoms with Crippen LogP contribution in [0.4, 0.5) is 4.39 Å². The Kier molecular flexibility index (Phi) is 3.44. The van der Waals surface area contributed by atoms with E-state index in [1.807, 2.05) is 0 Å². The number of benzene rings is 2. The molecule has 20 heavy (non-hydrogen) atoms. The summed E-state index contributed by atoms with van der Waals surface area (Å²) < 4.78 is 24.4. The SMILES string of the molecule is NCc1ccc(Oc2ccc3c(c2)B(O)OC3)c(F)c1. The number of nitrogens with two attached hydrogens (primary N) is 1. The fourth-order valence-electron chi connectivity index (χ4n) is 2.14. The lowest BCUT2D eigenvalue weighted by Crippen LogP contribution is -2.27. The normalized spacial score (nSPS) is 13.4. The highest BCUT2D eigenvalue weighted by Crippen LogP contribution is 2.26. The van der Waals surface area contributed by atoms with Gasteiger partial charge in [0.25, 0.3) is 0 Å². The first-order chi connectivity index (χ1) is 9.67. The number of halogens is 1. The summed E-state index contributed by atoms with van der Waals surface area (Å²) in [5.74, 6) is 0.105. The maximum absolute atomic E-state index is 13.8. The molecular formula is C14H13BFNO3. The van der Waals surface area contributed by atoms with Crippen LogP contribution in [0.1, 0.15) is 11.1 Å². The van der Waals surface area contributed by atoms with E-state index in [9.17, 15) is 9.41 Å². The monoisotopic (exact) mass is 273 g/mol. The van der Waals surface area contributed by atoms with E-state index in [4.69, 9.17) is 15.1 Å². The topological polar surface area (TPSA) is 64.7 Å². The molecule has 0 saturated heterocycles. The van der Waals surface area contributed by atoms with E-state index >= 15 is 0 Å². The molecule has 0 atom stereocenters. The summed E-state index contributed by atoms with van der Waals surface area (Å²) in [6.07, 6.45) is 0. The van der Waals surface area contributed by atoms with Crippen molar-refractivity contribution in [3.8, 4) is 11.5 Å². The van der Waals surface area contributed by atoms with Gasteiger partial charge in [0.1, 0.15) is 5.75 Å². The van der Waals surface area contributed by atoms with E-state index in [0.717, 1.165) is 5.56 Å². The minimum atomic E-state index is -0.946. The molecule has 3 rings (SSSR count). The summed E-state index contributed by atoms with van der Waals surface area (Å²) in [7, 11) is -0.946. The first-order valence-electron chi connectivity index (χ1n) is 6.26. The van der Waals surface area contributed by atoms with Crippen molar-refractivity contribution in [1.29, 1.82) is 0 Å². The van der Waals surface area contributed by atoms with Gasteiger partial charge >= 0.3 is 7.12 Å². The maximum Gasteiger partial charge on any atom is 0.491 e. The molecule has 0 aliphatic carbocycles. The standard InChI is InChI=1S/C14H13BFNO3/c16-13-5-9(7-17)1-4-14(13)20-11-3-2-10-8-19-15(18)12(10)6-11/h1-6,18H,7-8,17H2. The average Bonchev–Trinajstić information content (AvgIpc) is 2.82. The van der Waals surface area contributed by atoms with E-state index in [0.29, 0.717) is 23.4 Å². The van der Waals surface area contributed by atoms with Crippen LogP contribution in [0.3, 0.4) is 0 Å². The van der Waals surface area contributed by atoms with E-state index in [2.05, 4.69) is 0 Å². The van der Waals surface area contributed by atoms with Gasteiger partial charge in [-0.25, -0.2) is 4.39 Å². The lowest BCUT2D eigenvalue weighted by molar-refractivity contribution is 0.275. The Hall–Kier alpha value is -1.89. The summed E-state index contributed by atoms with van der Waals surface area (Å²) in [5, 5.41) is 9.63. The average molecular weight is 273 g/mol. The summed E-state index contributed by atoms with van der Waals surface area (Å²) in [6, 6.07) is 9.77. The first-order valence-corrected chi connectivity index (χ1v) is 6.26. The third-order valence-electron chi connectivity index (χ3n) is 3.24. The van der Waals surface area contributed by atoms with Gasteiger partial charge in [0.15, 0.2) is 11.6 Å². The Morgan fingerprint density at radius 2 is 2.15 bits per heavy atom. The molecule has 2 aromatic carbocycles. The number of ether oxygens (including phenoxy) is 1. The molecule has 4 nitrogen and oxygen atoms in total. The van der Waals surface area contributed by atoms with Crippen molar-refractivity contribution in [2.75, 3.05) is 0 Å². The highest BCUT2D eigenvalue weighted by atomic mass is 19.1. The zero-order valence-electron chi connectivity index (χ0n) is 10.7. The Bertz CT molecular complexity index is 650. The number of rotatable bonds is 3. The van der Waals surface area contributed by atoms with Gasteiger partial charge in [-0.15, -0.1) is 0 Å². The molecule has 1 aliphatic heterocycles. The van der Waals surface area contributed by atoms with Crippen LogP contribution in [-0.4, -0.2) is 12.1 Å². The predicted molar refractivity (Wildman–Crippen MR) is 73.2 cm³/mol. The largest absolute Gasteiger partial charge is 0.491 e. The van der Waals surface area contributed by atoms with Gasteiger partial charge in [0.05, 0.1) is 6.61 Å². The van der Waals surface area contributed by atoms with Crippen LogP contribution in [0.25, 0.3) is 0 Å². The molecule has 0 radical (unpaired) electrons. The fourth-order valence-corrected chi connectivity index (χ4v) is 2.14. The molecule has 0 aromatic heterocycles. The van der Waals surface area contributed by atoms with Gasteiger partial charge < -0.3 is 20.1 Å². The zero-order chi connectivity index (χ0) is 14.1. The van der Waals surface area contributed by atoms with E-state index in [-0.39, 0.29) is 12.3 Å². The smallest absolute Gasteiger partial charge is 0.454 e. The fraction of sp³-hybridized carbons (Fsp3) is 0.143. The number of hydrogen-bond donors (Lipinski definition) is 2. The van der Waals surface area contributed by atoms with Gasteiger partial charge in [-0.2, -0.15) is 0 Å². The molecule has 0 spiro atoms. The van der Waals surface area contributed by atoms with Crippen LogP contribution in [0.15, 0.2) is 36.4 Å². The van der Waals surface area contributed by atoms with E-state index < -0.39 is 12.9 Å². The molecule has 6 heteroatoms. The molecule has 102 valence electrons. The second-order valence-electron chi connectivity index (χ2n) is 4.59. The Morgan fingerprint density at radius 3 is 2.90 bits per heavy atom. The van der Waals surface area contributed by atoms with Crippen LogP contribution < -0.4 is 15.9 Å². The van der Waals surface area contributed by atoms with Crippen LogP contribution >= 0.6 is 0 Å². The van der Waals surface area contributed by atoms with Gasteiger partial charge in [0, 0.05) is 6.54 Å². The van der Waals surface area contributed by atoms with Gasteiger partial charge in [-0.1, -0.05) is 12.1 Å². The molecule has 1 heterocycles. The van der Waals surface area contributed by atoms with Crippen molar-refractivity contribution >= 4 is 12.6 Å². The third kappa shape index (κ3) is 2.41. The zero-order valence-corrected chi connectivity index (χ0v) is 10.7. The van der Waals surface area contributed by atoms with Crippen molar-refractivity contribution < 1.29 is 18.8 Å². The Morgan fingerprint density at radius 1 is 1.30 bits per heavy atom. The van der Waals surface area contributed by atoms with Crippen molar-refractivity contribution in [3.05, 3.63) is 53.3 Å². The van der Waals surface area contributed by atoms with E-state index in [1.54, 1.807) is 24.3 Å². The summed E-state index contributed by atoms with van der Waals surface area (Å²) in [6.45, 7) is 0.649. The van der Waals surface area contributed by atoms with Gasteiger partial charge in [0.2, 0.25) is 0 Å². The maximum atomic E-state index is 13.8. The van der Waals surface area contributed by atoms with Crippen LogP contribution in [0.2, 0.25) is 0 Å². The third-order valence-corrected chi connectivity index (χ3v) is 3.24. The van der Waals surface area contributed by atoms with Crippen molar-refractivity contribution in [2.45, 2.75) is 13.2 Å². The van der Waals surface area contributed by atoms with Crippen molar-refractivity contribution in [1.82, 2.24) is 0 Å². The van der Waals surface area contributed by atoms with Crippen LogP contribution in [0, 0.1) is 5.82 Å². The highest BCUT2D eigenvalue weighted by Gasteiger charge is 2.27. The molecular weight excluding hydrogens is 260 g/mol. The minimum Gasteiger partial charge on any atom is -0.454 e. The van der Waals surface area contributed by atoms with Crippen molar-refractivity contribution in [2.24, 2.45) is 5.73 Å². The quantitative estimate of drug-likeness (QED) is 0.827. The summed E-state index contributed by atoms with van der Waals surface area (Å²) in [5.41, 5.74) is 7.71. The molecule has 0 saturated carbocycles. The molecule has 0 amide bonds. The minimum absolute atomic E-state index is 0.121. The Labute approximate surface area is 116 Å². The molecule has 3 N–H and O–H groups in total. The highest BCUT2D eigenvalue weighted by molar-refractivity contribution is 6.61. The number of fused-ring (bicyclic) bond motifs is 1. The second-order valence-corrected chi connectivity index (χ2v) is 4.59. The van der Waals surface area contributed by atoms with Crippen LogP contribution in [-0.2, 0) is 17.8 Å². The first kappa shape index (κ1) is 13.1. The van der Waals surface area contributed by atoms with Gasteiger partial charge in [-0.3, -0.25) is 0 Å². The molecule has 0 bridgehead atoms.